The molecule has 0 amide bonds. The Morgan fingerprint density at radius 3 is 1.94 bits per heavy atom. The first-order chi connectivity index (χ1) is 7.68. The summed E-state index contributed by atoms with van der Waals surface area (Å²) >= 11 is 5.90. The summed E-state index contributed by atoms with van der Waals surface area (Å²) in [6.45, 7) is 4.54. The van der Waals surface area contributed by atoms with Crippen LogP contribution in [0, 0.1) is 0 Å². The lowest BCUT2D eigenvalue weighted by atomic mass is 9.74. The Morgan fingerprint density at radius 2 is 1.56 bits per heavy atom. The maximum absolute atomic E-state index is 9.73. The van der Waals surface area contributed by atoms with Crippen molar-refractivity contribution in [1.82, 2.24) is 0 Å². The molecule has 0 aromatic heterocycles. The van der Waals surface area contributed by atoms with Gasteiger partial charge in [0.15, 0.2) is 0 Å². The topological polar surface area (TPSA) is 20.2 Å². The summed E-state index contributed by atoms with van der Waals surface area (Å²) in [7, 11) is 0. The van der Waals surface area contributed by atoms with Crippen LogP contribution in [0.4, 0.5) is 0 Å². The molecule has 0 fully saturated rings. The van der Waals surface area contributed by atoms with Crippen molar-refractivity contribution in [3.8, 4) is 0 Å². The van der Waals surface area contributed by atoms with Gasteiger partial charge in [-0.05, 0) is 30.5 Å². The Bertz CT molecular complexity index is 299. The summed E-state index contributed by atoms with van der Waals surface area (Å²) in [6, 6.07) is 7.91. The zero-order valence-electron chi connectivity index (χ0n) is 10.2. The van der Waals surface area contributed by atoms with Crippen molar-refractivity contribution >= 4 is 11.6 Å². The van der Waals surface area contributed by atoms with Crippen LogP contribution in [0.2, 0.25) is 5.02 Å². The van der Waals surface area contributed by atoms with Crippen molar-refractivity contribution in [2.75, 3.05) is 6.61 Å². The lowest BCUT2D eigenvalue weighted by Gasteiger charge is -2.32. The van der Waals surface area contributed by atoms with Gasteiger partial charge in [0.25, 0.3) is 0 Å². The van der Waals surface area contributed by atoms with Gasteiger partial charge >= 0.3 is 0 Å². The summed E-state index contributed by atoms with van der Waals surface area (Å²) in [6.07, 6.45) is 4.23. The van der Waals surface area contributed by atoms with Crippen LogP contribution in [-0.4, -0.2) is 11.7 Å². The van der Waals surface area contributed by atoms with Crippen LogP contribution in [0.15, 0.2) is 24.3 Å². The monoisotopic (exact) mass is 240 g/mol. The maximum atomic E-state index is 9.73. The van der Waals surface area contributed by atoms with Gasteiger partial charge in [-0.15, -0.1) is 0 Å². The van der Waals surface area contributed by atoms with Gasteiger partial charge in [0, 0.05) is 10.4 Å². The van der Waals surface area contributed by atoms with Gasteiger partial charge in [-0.2, -0.15) is 0 Å². The number of hydrogen-bond donors (Lipinski definition) is 1. The van der Waals surface area contributed by atoms with Crippen molar-refractivity contribution in [1.29, 1.82) is 0 Å². The van der Waals surface area contributed by atoms with Crippen molar-refractivity contribution in [3.05, 3.63) is 34.9 Å². The maximum Gasteiger partial charge on any atom is 0.0527 e. The van der Waals surface area contributed by atoms with Gasteiger partial charge in [0.2, 0.25) is 0 Å². The van der Waals surface area contributed by atoms with Crippen molar-refractivity contribution in [3.63, 3.8) is 0 Å². The van der Waals surface area contributed by atoms with E-state index in [1.54, 1.807) is 0 Å². The molecule has 0 aliphatic heterocycles. The Hall–Kier alpha value is -0.530. The van der Waals surface area contributed by atoms with Gasteiger partial charge in [-0.25, -0.2) is 0 Å². The molecule has 0 spiro atoms. The molecular weight excluding hydrogens is 220 g/mol. The highest BCUT2D eigenvalue weighted by molar-refractivity contribution is 6.30. The number of hydrogen-bond acceptors (Lipinski definition) is 1. The molecule has 0 heterocycles. The third-order valence-electron chi connectivity index (χ3n) is 3.22. The van der Waals surface area contributed by atoms with Gasteiger partial charge in [-0.1, -0.05) is 50.4 Å². The van der Waals surface area contributed by atoms with E-state index in [2.05, 4.69) is 13.8 Å². The van der Waals surface area contributed by atoms with E-state index in [0.29, 0.717) is 0 Å². The van der Waals surface area contributed by atoms with E-state index < -0.39 is 0 Å². The SMILES string of the molecule is CCCC(CO)(CCC)c1ccc(Cl)cc1. The van der Waals surface area contributed by atoms with Crippen LogP contribution < -0.4 is 0 Å². The van der Waals surface area contributed by atoms with E-state index >= 15 is 0 Å². The first kappa shape index (κ1) is 13.5. The van der Waals surface area contributed by atoms with Crippen molar-refractivity contribution in [2.45, 2.75) is 44.9 Å². The summed E-state index contributed by atoms with van der Waals surface area (Å²) < 4.78 is 0. The summed E-state index contributed by atoms with van der Waals surface area (Å²) in [5.74, 6) is 0. The van der Waals surface area contributed by atoms with E-state index in [1.165, 1.54) is 5.56 Å². The number of aliphatic hydroxyl groups excluding tert-OH is 1. The van der Waals surface area contributed by atoms with Crippen LogP contribution in [-0.2, 0) is 5.41 Å². The minimum Gasteiger partial charge on any atom is -0.395 e. The van der Waals surface area contributed by atoms with E-state index in [4.69, 9.17) is 11.6 Å². The Labute approximate surface area is 103 Å². The second-order valence-corrected chi connectivity index (χ2v) is 4.88. The molecule has 1 rings (SSSR count). The smallest absolute Gasteiger partial charge is 0.0527 e. The zero-order chi connectivity index (χ0) is 12.0. The van der Waals surface area contributed by atoms with Crippen molar-refractivity contribution < 1.29 is 5.11 Å². The predicted octanol–water partition coefficient (Wildman–Crippen LogP) is 4.17. The fraction of sp³-hybridized carbons (Fsp3) is 0.571. The molecule has 0 atom stereocenters. The van der Waals surface area contributed by atoms with Crippen LogP contribution in [0.25, 0.3) is 0 Å². The lowest BCUT2D eigenvalue weighted by Crippen LogP contribution is -2.30. The molecule has 0 bridgehead atoms. The molecule has 1 N–H and O–H groups in total. The highest BCUT2D eigenvalue weighted by Gasteiger charge is 2.29. The van der Waals surface area contributed by atoms with Crippen LogP contribution in [0.5, 0.6) is 0 Å². The van der Waals surface area contributed by atoms with Crippen molar-refractivity contribution in [2.24, 2.45) is 0 Å². The molecule has 2 heteroatoms. The third kappa shape index (κ3) is 2.99. The molecule has 90 valence electrons. The third-order valence-corrected chi connectivity index (χ3v) is 3.47. The average molecular weight is 241 g/mol. The second kappa shape index (κ2) is 6.27. The Balaban J connectivity index is 3.02. The van der Waals surface area contributed by atoms with E-state index in [0.717, 1.165) is 30.7 Å². The first-order valence-corrected chi connectivity index (χ1v) is 6.43. The Kier molecular flexibility index (Phi) is 5.30. The second-order valence-electron chi connectivity index (χ2n) is 4.45. The molecule has 0 saturated heterocycles. The van der Waals surface area contributed by atoms with Gasteiger partial charge in [0.1, 0.15) is 0 Å². The van der Waals surface area contributed by atoms with E-state index in [-0.39, 0.29) is 12.0 Å². The number of rotatable bonds is 6. The highest BCUT2D eigenvalue weighted by Crippen LogP contribution is 2.34. The largest absolute Gasteiger partial charge is 0.395 e. The van der Waals surface area contributed by atoms with Gasteiger partial charge in [-0.3, -0.25) is 0 Å². The van der Waals surface area contributed by atoms with Crippen LogP contribution in [0.3, 0.4) is 0 Å². The highest BCUT2D eigenvalue weighted by atomic mass is 35.5. The average Bonchev–Trinajstić information content (AvgIpc) is 2.29. The minimum atomic E-state index is -0.0753. The van der Waals surface area contributed by atoms with Gasteiger partial charge in [0.05, 0.1) is 6.61 Å². The standard InChI is InChI=1S/C14H21ClO/c1-3-9-14(11-16,10-4-2)12-5-7-13(15)8-6-12/h5-8,16H,3-4,9-11H2,1-2H3. The molecule has 0 radical (unpaired) electrons. The fourth-order valence-corrected chi connectivity index (χ4v) is 2.55. The molecule has 0 saturated carbocycles. The van der Waals surface area contributed by atoms with E-state index in [1.807, 2.05) is 24.3 Å². The predicted molar refractivity (Wildman–Crippen MR) is 70.0 cm³/mol. The summed E-state index contributed by atoms with van der Waals surface area (Å²) in [4.78, 5) is 0. The number of benzene rings is 1. The van der Waals surface area contributed by atoms with Crippen LogP contribution in [0.1, 0.15) is 45.1 Å². The summed E-state index contributed by atoms with van der Waals surface area (Å²) in [5, 5.41) is 10.5. The quantitative estimate of drug-likeness (QED) is 0.791. The molecular formula is C14H21ClO. The number of halogens is 1. The molecule has 0 unspecified atom stereocenters. The molecule has 1 nitrogen and oxygen atoms in total. The number of aliphatic hydroxyl groups is 1. The zero-order valence-corrected chi connectivity index (χ0v) is 10.9. The molecule has 16 heavy (non-hydrogen) atoms. The molecule has 1 aromatic rings. The fourth-order valence-electron chi connectivity index (χ4n) is 2.42. The molecule has 0 aliphatic carbocycles. The Morgan fingerprint density at radius 1 is 1.06 bits per heavy atom. The van der Waals surface area contributed by atoms with Crippen LogP contribution >= 0.6 is 11.6 Å². The molecule has 1 aromatic carbocycles. The first-order valence-electron chi connectivity index (χ1n) is 6.05. The van der Waals surface area contributed by atoms with E-state index in [9.17, 15) is 5.11 Å². The summed E-state index contributed by atoms with van der Waals surface area (Å²) in [5.41, 5.74) is 1.14. The lowest BCUT2D eigenvalue weighted by molar-refractivity contribution is 0.172. The molecule has 0 aliphatic rings. The minimum absolute atomic E-state index is 0.0753. The normalized spacial score (nSPS) is 11.8. The van der Waals surface area contributed by atoms with Gasteiger partial charge < -0.3 is 5.11 Å².